The average Bonchev–Trinajstić information content (AvgIpc) is 2.87. The number of nitrogens with zero attached hydrogens (tertiary/aromatic N) is 6. The SMILES string of the molecule is Cn1cnc(Nc2nc(Cl)nc3c2cnn3C)c1. The maximum Gasteiger partial charge on any atom is 0.226 e. The third-order valence-electron chi connectivity index (χ3n) is 2.52. The lowest BCUT2D eigenvalue weighted by Crippen LogP contribution is -1.98. The summed E-state index contributed by atoms with van der Waals surface area (Å²) in [4.78, 5) is 12.5. The molecule has 0 spiro atoms. The predicted molar refractivity (Wildman–Crippen MR) is 67.8 cm³/mol. The van der Waals surface area contributed by atoms with Crippen LogP contribution in [-0.2, 0) is 14.1 Å². The van der Waals surface area contributed by atoms with Crippen LogP contribution in [0.1, 0.15) is 0 Å². The maximum absolute atomic E-state index is 5.90. The second kappa shape index (κ2) is 3.95. The van der Waals surface area contributed by atoms with Gasteiger partial charge in [-0.15, -0.1) is 0 Å². The minimum absolute atomic E-state index is 0.171. The number of hydrogen-bond donors (Lipinski definition) is 1. The number of aryl methyl sites for hydroxylation is 2. The van der Waals surface area contributed by atoms with E-state index in [-0.39, 0.29) is 5.28 Å². The Hall–Kier alpha value is -2.15. The Morgan fingerprint density at radius 1 is 1.28 bits per heavy atom. The van der Waals surface area contributed by atoms with Crippen molar-refractivity contribution < 1.29 is 0 Å². The number of fused-ring (bicyclic) bond motifs is 1. The number of nitrogens with one attached hydrogen (secondary N) is 1. The third kappa shape index (κ3) is 1.78. The lowest BCUT2D eigenvalue weighted by atomic mass is 10.4. The Kier molecular flexibility index (Phi) is 2.41. The van der Waals surface area contributed by atoms with Gasteiger partial charge in [0.05, 0.1) is 17.9 Å². The van der Waals surface area contributed by atoms with E-state index in [1.54, 1.807) is 24.3 Å². The molecule has 0 saturated carbocycles. The van der Waals surface area contributed by atoms with Gasteiger partial charge < -0.3 is 9.88 Å². The van der Waals surface area contributed by atoms with E-state index in [1.165, 1.54) is 0 Å². The molecule has 3 rings (SSSR count). The van der Waals surface area contributed by atoms with Crippen LogP contribution in [0.4, 0.5) is 11.6 Å². The zero-order valence-electron chi connectivity index (χ0n) is 9.79. The maximum atomic E-state index is 5.90. The fourth-order valence-corrected chi connectivity index (χ4v) is 1.85. The van der Waals surface area contributed by atoms with Gasteiger partial charge in [0.1, 0.15) is 11.6 Å². The molecule has 3 heterocycles. The van der Waals surface area contributed by atoms with Crippen LogP contribution in [0.25, 0.3) is 11.0 Å². The van der Waals surface area contributed by atoms with E-state index in [4.69, 9.17) is 11.6 Å². The molecule has 0 aliphatic rings. The van der Waals surface area contributed by atoms with Crippen molar-refractivity contribution >= 4 is 34.3 Å². The summed E-state index contributed by atoms with van der Waals surface area (Å²) in [5.41, 5.74) is 0.674. The molecule has 0 fully saturated rings. The summed E-state index contributed by atoms with van der Waals surface area (Å²) in [7, 11) is 3.70. The first kappa shape index (κ1) is 11.0. The van der Waals surface area contributed by atoms with Crippen LogP contribution in [0.2, 0.25) is 5.28 Å². The molecule has 7 nitrogen and oxygen atoms in total. The summed E-state index contributed by atoms with van der Waals surface area (Å²) >= 11 is 5.90. The first-order chi connectivity index (χ1) is 8.63. The Morgan fingerprint density at radius 2 is 2.11 bits per heavy atom. The predicted octanol–water partition coefficient (Wildman–Crippen LogP) is 1.49. The van der Waals surface area contributed by atoms with E-state index in [0.717, 1.165) is 5.39 Å². The van der Waals surface area contributed by atoms with Crippen LogP contribution < -0.4 is 5.32 Å². The highest BCUT2D eigenvalue weighted by atomic mass is 35.5. The molecule has 0 radical (unpaired) electrons. The molecule has 18 heavy (non-hydrogen) atoms. The van der Waals surface area contributed by atoms with Crippen molar-refractivity contribution in [1.29, 1.82) is 0 Å². The minimum atomic E-state index is 0.171. The minimum Gasteiger partial charge on any atom is -0.338 e. The molecule has 0 saturated heterocycles. The Morgan fingerprint density at radius 3 is 2.83 bits per heavy atom. The molecule has 0 amide bonds. The van der Waals surface area contributed by atoms with Gasteiger partial charge in [0.15, 0.2) is 5.65 Å². The summed E-state index contributed by atoms with van der Waals surface area (Å²) in [6.07, 6.45) is 5.24. The molecule has 92 valence electrons. The number of halogens is 1. The fraction of sp³-hybridized carbons (Fsp3) is 0.200. The van der Waals surface area contributed by atoms with Crippen LogP contribution >= 0.6 is 11.6 Å². The van der Waals surface area contributed by atoms with Crippen molar-refractivity contribution in [3.63, 3.8) is 0 Å². The number of anilines is 2. The van der Waals surface area contributed by atoms with Crippen molar-refractivity contribution in [3.05, 3.63) is 24.0 Å². The molecule has 1 N–H and O–H groups in total. The lowest BCUT2D eigenvalue weighted by molar-refractivity contribution is 0.785. The van der Waals surface area contributed by atoms with Crippen molar-refractivity contribution in [1.82, 2.24) is 29.3 Å². The van der Waals surface area contributed by atoms with E-state index in [2.05, 4.69) is 25.4 Å². The summed E-state index contributed by atoms with van der Waals surface area (Å²) in [6, 6.07) is 0. The highest BCUT2D eigenvalue weighted by Crippen LogP contribution is 2.23. The van der Waals surface area contributed by atoms with Crippen LogP contribution in [0, 0.1) is 0 Å². The van der Waals surface area contributed by atoms with Gasteiger partial charge in [-0.05, 0) is 11.6 Å². The molecular formula is C10H10ClN7. The van der Waals surface area contributed by atoms with Crippen LogP contribution in [0.15, 0.2) is 18.7 Å². The molecule has 0 aromatic carbocycles. The van der Waals surface area contributed by atoms with Gasteiger partial charge >= 0.3 is 0 Å². The van der Waals surface area contributed by atoms with E-state index in [0.29, 0.717) is 17.3 Å². The molecule has 3 aromatic rings. The quantitative estimate of drug-likeness (QED) is 0.709. The highest BCUT2D eigenvalue weighted by Gasteiger charge is 2.11. The summed E-state index contributed by atoms with van der Waals surface area (Å²) < 4.78 is 3.48. The van der Waals surface area contributed by atoms with Crippen LogP contribution in [-0.4, -0.2) is 29.3 Å². The molecule has 0 atom stereocenters. The molecule has 0 bridgehead atoms. The van der Waals surface area contributed by atoms with Gasteiger partial charge in [0.25, 0.3) is 0 Å². The average molecular weight is 264 g/mol. The number of rotatable bonds is 2. The van der Waals surface area contributed by atoms with E-state index in [1.807, 2.05) is 17.8 Å². The zero-order valence-corrected chi connectivity index (χ0v) is 10.5. The van der Waals surface area contributed by atoms with E-state index in [9.17, 15) is 0 Å². The van der Waals surface area contributed by atoms with Gasteiger partial charge in [0, 0.05) is 20.3 Å². The second-order valence-electron chi connectivity index (χ2n) is 3.90. The smallest absolute Gasteiger partial charge is 0.226 e. The van der Waals surface area contributed by atoms with Crippen molar-refractivity contribution in [2.45, 2.75) is 0 Å². The lowest BCUT2D eigenvalue weighted by Gasteiger charge is -2.03. The van der Waals surface area contributed by atoms with Gasteiger partial charge in [0.2, 0.25) is 5.28 Å². The van der Waals surface area contributed by atoms with Crippen LogP contribution in [0.5, 0.6) is 0 Å². The monoisotopic (exact) mass is 263 g/mol. The van der Waals surface area contributed by atoms with Gasteiger partial charge in [-0.1, -0.05) is 0 Å². The largest absolute Gasteiger partial charge is 0.338 e. The molecule has 0 aliphatic heterocycles. The normalized spacial score (nSPS) is 11.1. The first-order valence-electron chi connectivity index (χ1n) is 5.24. The Bertz CT molecular complexity index is 714. The summed E-state index contributed by atoms with van der Waals surface area (Å²) in [5.74, 6) is 1.29. The topological polar surface area (TPSA) is 73.5 Å². The first-order valence-corrected chi connectivity index (χ1v) is 5.61. The fourth-order valence-electron chi connectivity index (χ4n) is 1.69. The molecular weight excluding hydrogens is 254 g/mol. The zero-order chi connectivity index (χ0) is 12.7. The molecule has 0 aliphatic carbocycles. The number of hydrogen-bond acceptors (Lipinski definition) is 5. The Balaban J connectivity index is 2.10. The molecule has 3 aromatic heterocycles. The third-order valence-corrected chi connectivity index (χ3v) is 2.69. The summed E-state index contributed by atoms with van der Waals surface area (Å²) in [5, 5.41) is 8.20. The second-order valence-corrected chi connectivity index (χ2v) is 4.23. The van der Waals surface area contributed by atoms with Gasteiger partial charge in [-0.2, -0.15) is 15.1 Å². The van der Waals surface area contributed by atoms with Gasteiger partial charge in [-0.3, -0.25) is 4.68 Å². The number of aromatic nitrogens is 6. The van der Waals surface area contributed by atoms with Crippen molar-refractivity contribution in [2.75, 3.05) is 5.32 Å². The van der Waals surface area contributed by atoms with E-state index < -0.39 is 0 Å². The van der Waals surface area contributed by atoms with Crippen LogP contribution in [0.3, 0.4) is 0 Å². The van der Waals surface area contributed by atoms with Crippen molar-refractivity contribution in [2.24, 2.45) is 14.1 Å². The Labute approximate surface area is 107 Å². The number of imidazole rings is 1. The standard InChI is InChI=1S/C10H10ClN7/c1-17-4-7(12-5-17)14-8-6-3-13-18(2)9(6)16-10(11)15-8/h3-5H,1-2H3,(H,14,15,16). The van der Waals surface area contributed by atoms with E-state index >= 15 is 0 Å². The molecule has 0 unspecified atom stereocenters. The summed E-state index contributed by atoms with van der Waals surface area (Å²) in [6.45, 7) is 0. The van der Waals surface area contributed by atoms with Gasteiger partial charge in [-0.25, -0.2) is 4.98 Å². The highest BCUT2D eigenvalue weighted by molar-refractivity contribution is 6.28. The van der Waals surface area contributed by atoms with Crippen molar-refractivity contribution in [3.8, 4) is 0 Å². The molecule has 8 heteroatoms.